The number of amides is 3. The van der Waals surface area contributed by atoms with Crippen molar-refractivity contribution in [3.63, 3.8) is 0 Å². The first-order valence-corrected chi connectivity index (χ1v) is 7.84. The summed E-state index contributed by atoms with van der Waals surface area (Å²) in [6.07, 6.45) is 0. The van der Waals surface area contributed by atoms with E-state index >= 15 is 0 Å². The van der Waals surface area contributed by atoms with Crippen molar-refractivity contribution in [2.45, 2.75) is 6.92 Å². The average molecular weight is 351 g/mol. The second-order valence-corrected chi connectivity index (χ2v) is 5.39. The molecule has 0 aliphatic rings. The Kier molecular flexibility index (Phi) is 5.96. The van der Waals surface area contributed by atoms with Gasteiger partial charge in [0.05, 0.1) is 0 Å². The number of nitrogens with one attached hydrogen (secondary N) is 2. The van der Waals surface area contributed by atoms with Crippen molar-refractivity contribution in [1.82, 2.24) is 15.6 Å². The summed E-state index contributed by atoms with van der Waals surface area (Å²) in [5.41, 5.74) is 0.694. The van der Waals surface area contributed by atoms with E-state index < -0.39 is 24.5 Å². The maximum atomic E-state index is 12.9. The summed E-state index contributed by atoms with van der Waals surface area (Å²) >= 11 is 1.19. The fraction of sp³-hybridized carbons (Fsp3) is 0.200. The Morgan fingerprint density at radius 3 is 2.62 bits per heavy atom. The van der Waals surface area contributed by atoms with E-state index in [1.807, 2.05) is 5.32 Å². The van der Waals surface area contributed by atoms with E-state index in [0.29, 0.717) is 17.1 Å². The van der Waals surface area contributed by atoms with E-state index in [4.69, 9.17) is 4.74 Å². The Bertz CT molecular complexity index is 745. The van der Waals surface area contributed by atoms with Gasteiger partial charge in [-0.25, -0.2) is 19.0 Å². The number of carbonyl (C=O) groups excluding carboxylic acids is 3. The van der Waals surface area contributed by atoms with E-state index in [2.05, 4.69) is 10.3 Å². The lowest BCUT2D eigenvalue weighted by atomic mass is 10.2. The minimum absolute atomic E-state index is 0.0325. The molecule has 3 amide bonds. The van der Waals surface area contributed by atoms with Crippen molar-refractivity contribution in [3.8, 4) is 10.6 Å². The monoisotopic (exact) mass is 351 g/mol. The van der Waals surface area contributed by atoms with Crippen molar-refractivity contribution in [1.29, 1.82) is 0 Å². The summed E-state index contributed by atoms with van der Waals surface area (Å²) < 4.78 is 17.7. The van der Waals surface area contributed by atoms with Crippen LogP contribution in [0.3, 0.4) is 0 Å². The first-order chi connectivity index (χ1) is 11.5. The molecular weight excluding hydrogens is 337 g/mol. The predicted molar refractivity (Wildman–Crippen MR) is 85.0 cm³/mol. The normalized spacial score (nSPS) is 10.1. The van der Waals surface area contributed by atoms with Crippen LogP contribution >= 0.6 is 11.3 Å². The molecular formula is C15H14FN3O4S. The smallest absolute Gasteiger partial charge is 0.358 e. The maximum absolute atomic E-state index is 12.9. The average Bonchev–Trinajstić information content (AvgIpc) is 3.03. The molecule has 0 aliphatic heterocycles. The maximum Gasteiger partial charge on any atom is 0.358 e. The number of benzene rings is 1. The molecule has 0 bridgehead atoms. The third-order valence-corrected chi connectivity index (χ3v) is 3.62. The molecule has 1 aromatic heterocycles. The van der Waals surface area contributed by atoms with Gasteiger partial charge in [-0.1, -0.05) is 0 Å². The number of hydrogen-bond acceptors (Lipinski definition) is 6. The topological polar surface area (TPSA) is 97.4 Å². The van der Waals surface area contributed by atoms with E-state index in [9.17, 15) is 18.8 Å². The van der Waals surface area contributed by atoms with E-state index in [1.165, 1.54) is 28.8 Å². The molecule has 2 aromatic rings. The summed E-state index contributed by atoms with van der Waals surface area (Å²) in [7, 11) is 0. The van der Waals surface area contributed by atoms with Gasteiger partial charge in [0.2, 0.25) is 0 Å². The van der Waals surface area contributed by atoms with Crippen LogP contribution in [0.1, 0.15) is 17.4 Å². The van der Waals surface area contributed by atoms with Gasteiger partial charge in [-0.05, 0) is 31.2 Å². The molecule has 7 nitrogen and oxygen atoms in total. The molecule has 0 spiro atoms. The lowest BCUT2D eigenvalue weighted by molar-refractivity contribution is -0.123. The second-order valence-electron chi connectivity index (χ2n) is 4.53. The highest BCUT2D eigenvalue weighted by Crippen LogP contribution is 2.24. The third kappa shape index (κ3) is 4.85. The number of carbonyl (C=O) groups is 3. The van der Waals surface area contributed by atoms with Gasteiger partial charge in [-0.2, -0.15) is 0 Å². The molecule has 9 heteroatoms. The highest BCUT2D eigenvalue weighted by Gasteiger charge is 2.15. The first-order valence-electron chi connectivity index (χ1n) is 6.96. The number of esters is 1. The summed E-state index contributed by atoms with van der Waals surface area (Å²) in [5, 5.41) is 6.37. The Balaban J connectivity index is 1.90. The van der Waals surface area contributed by atoms with Crippen LogP contribution in [0.4, 0.5) is 9.18 Å². The number of ether oxygens (including phenoxy) is 1. The van der Waals surface area contributed by atoms with Crippen molar-refractivity contribution in [2.75, 3.05) is 13.2 Å². The van der Waals surface area contributed by atoms with Gasteiger partial charge in [-0.3, -0.25) is 10.1 Å². The molecule has 1 heterocycles. The highest BCUT2D eigenvalue weighted by atomic mass is 32.1. The van der Waals surface area contributed by atoms with Gasteiger partial charge in [0, 0.05) is 17.5 Å². The number of aromatic nitrogens is 1. The molecule has 0 saturated heterocycles. The SMILES string of the molecule is CCNC(=O)NC(=O)COC(=O)c1csc(-c2ccc(F)cc2)n1. The number of urea groups is 1. The zero-order chi connectivity index (χ0) is 17.5. The van der Waals surface area contributed by atoms with Crippen LogP contribution in [0.2, 0.25) is 0 Å². The van der Waals surface area contributed by atoms with Crippen LogP contribution in [0.25, 0.3) is 10.6 Å². The van der Waals surface area contributed by atoms with Crippen LogP contribution in [-0.2, 0) is 9.53 Å². The van der Waals surface area contributed by atoms with Gasteiger partial charge in [0.1, 0.15) is 10.8 Å². The van der Waals surface area contributed by atoms with Crippen molar-refractivity contribution in [3.05, 3.63) is 41.2 Å². The van der Waals surface area contributed by atoms with E-state index in [0.717, 1.165) is 0 Å². The summed E-state index contributed by atoms with van der Waals surface area (Å²) in [6, 6.07) is 5.01. The number of rotatable bonds is 5. The van der Waals surface area contributed by atoms with Crippen LogP contribution < -0.4 is 10.6 Å². The predicted octanol–water partition coefficient (Wildman–Crippen LogP) is 1.95. The van der Waals surface area contributed by atoms with Crippen LogP contribution in [-0.4, -0.2) is 36.0 Å². The Labute approximate surface area is 140 Å². The molecule has 0 aliphatic carbocycles. The molecule has 0 atom stereocenters. The van der Waals surface area contributed by atoms with Gasteiger partial charge in [0.15, 0.2) is 12.3 Å². The Morgan fingerprint density at radius 1 is 1.25 bits per heavy atom. The molecule has 0 saturated carbocycles. The van der Waals surface area contributed by atoms with Gasteiger partial charge in [0.25, 0.3) is 5.91 Å². The molecule has 0 radical (unpaired) electrons. The number of halogens is 1. The van der Waals surface area contributed by atoms with Crippen LogP contribution in [0.15, 0.2) is 29.6 Å². The lowest BCUT2D eigenvalue weighted by Gasteiger charge is -2.05. The zero-order valence-corrected chi connectivity index (χ0v) is 13.5. The van der Waals surface area contributed by atoms with Crippen LogP contribution in [0, 0.1) is 5.82 Å². The Morgan fingerprint density at radius 2 is 1.96 bits per heavy atom. The second kappa shape index (κ2) is 8.16. The molecule has 1 aromatic carbocycles. The zero-order valence-electron chi connectivity index (χ0n) is 12.7. The molecule has 24 heavy (non-hydrogen) atoms. The number of thiazole rings is 1. The quantitative estimate of drug-likeness (QED) is 0.803. The van der Waals surface area contributed by atoms with Crippen molar-refractivity contribution in [2.24, 2.45) is 0 Å². The molecule has 2 rings (SSSR count). The minimum Gasteiger partial charge on any atom is -0.451 e. The lowest BCUT2D eigenvalue weighted by Crippen LogP contribution is -2.41. The van der Waals surface area contributed by atoms with Gasteiger partial charge < -0.3 is 10.1 Å². The van der Waals surface area contributed by atoms with Crippen molar-refractivity contribution >= 4 is 29.2 Å². The number of nitrogens with zero attached hydrogens (tertiary/aromatic N) is 1. The first kappa shape index (κ1) is 17.5. The molecule has 126 valence electrons. The molecule has 0 unspecified atom stereocenters. The largest absolute Gasteiger partial charge is 0.451 e. The molecule has 2 N–H and O–H groups in total. The van der Waals surface area contributed by atoms with Crippen molar-refractivity contribution < 1.29 is 23.5 Å². The highest BCUT2D eigenvalue weighted by molar-refractivity contribution is 7.13. The van der Waals surface area contributed by atoms with E-state index in [1.54, 1.807) is 19.1 Å². The fourth-order valence-electron chi connectivity index (χ4n) is 1.67. The molecule has 0 fully saturated rings. The summed E-state index contributed by atoms with van der Waals surface area (Å²) in [4.78, 5) is 38.5. The van der Waals surface area contributed by atoms with Crippen LogP contribution in [0.5, 0.6) is 0 Å². The Hall–Kier alpha value is -2.81. The minimum atomic E-state index is -0.786. The number of imide groups is 1. The van der Waals surface area contributed by atoms with Gasteiger partial charge >= 0.3 is 12.0 Å². The standard InChI is InChI=1S/C15H14FN3O4S/c1-2-17-15(22)19-12(20)7-23-14(21)11-8-24-13(18-11)9-3-5-10(16)6-4-9/h3-6,8H,2,7H2,1H3,(H2,17,19,20,22). The summed E-state index contributed by atoms with van der Waals surface area (Å²) in [6.45, 7) is 1.47. The third-order valence-electron chi connectivity index (χ3n) is 2.73. The fourth-order valence-corrected chi connectivity index (χ4v) is 2.46. The van der Waals surface area contributed by atoms with E-state index in [-0.39, 0.29) is 11.5 Å². The number of hydrogen-bond donors (Lipinski definition) is 2. The van der Waals surface area contributed by atoms with Gasteiger partial charge in [-0.15, -0.1) is 11.3 Å². The summed E-state index contributed by atoms with van der Waals surface area (Å²) in [5.74, 6) is -1.90.